The van der Waals surface area contributed by atoms with Crippen LogP contribution in [0.4, 0.5) is 17.1 Å². The van der Waals surface area contributed by atoms with Crippen LogP contribution in [0.1, 0.15) is 88.7 Å². The summed E-state index contributed by atoms with van der Waals surface area (Å²) in [6, 6.07) is 61.8. The number of nitro benzene ring substituents is 2. The molecule has 0 spiro atoms. The third-order valence-corrected chi connectivity index (χ3v) is 16.2. The molecule has 0 N–H and O–H groups in total. The molecule has 0 amide bonds. The molecule has 20 heteroatoms. The van der Waals surface area contributed by atoms with E-state index in [2.05, 4.69) is 15.2 Å². The minimum absolute atomic E-state index is 0.0619. The molecular formula is C70H55N5O13S2. The van der Waals surface area contributed by atoms with Crippen molar-refractivity contribution in [1.29, 1.82) is 0 Å². The van der Waals surface area contributed by atoms with Gasteiger partial charge in [-0.15, -0.1) is 0 Å². The zero-order valence-electron chi connectivity index (χ0n) is 48.9. The molecule has 0 unspecified atom stereocenters. The van der Waals surface area contributed by atoms with Gasteiger partial charge in [-0.2, -0.15) is 0 Å². The minimum atomic E-state index is -0.733. The number of carbonyl (C=O) groups is 6. The first kappa shape index (κ1) is 63.7. The second-order valence-electron chi connectivity index (χ2n) is 20.2. The molecule has 9 aromatic rings. The molecule has 0 saturated carbocycles. The molecule has 1 fully saturated rings. The van der Waals surface area contributed by atoms with Crippen LogP contribution in [-0.4, -0.2) is 82.6 Å². The van der Waals surface area contributed by atoms with Gasteiger partial charge in [-0.3, -0.25) is 39.4 Å². The van der Waals surface area contributed by atoms with Gasteiger partial charge in [-0.25, -0.2) is 9.59 Å². The number of rotatable bonds is 20. The van der Waals surface area contributed by atoms with Gasteiger partial charge in [0.2, 0.25) is 11.6 Å². The zero-order valence-corrected chi connectivity index (χ0v) is 50.5. The fraction of sp³-hybridized carbons (Fsp3) is 0.114. The highest BCUT2D eigenvalue weighted by molar-refractivity contribution is 7.99. The predicted octanol–water partition coefficient (Wildman–Crippen LogP) is 14.4. The number of nitrogens with zero attached hydrogens (tertiary/aromatic N) is 5. The number of benzene rings is 9. The lowest BCUT2D eigenvalue weighted by Crippen LogP contribution is -2.36. The molecule has 0 atom stereocenters. The number of Topliss-reactive ketones (excluding diaryl/α,β-unsaturated/α-hetero) is 2. The standard InChI is InChI=1S/C36H26N2O6S.C34H29N3O7S/c1-23-32(9-6-10-33(23)38(42)43)34(37-44-24(2)39)36(41)29-17-21-31(22-18-29)45-30-19-15-28(16-20-30)35(40)27-13-11-26(12-14-27)25-7-4-3-5-8-25;1-22-30(4-3-5-31(22)37(41)42)32(35-44-23(2)38)34(40)26-10-16-29(17-11-26)45-28-14-8-25(9-15-28)33(39)24-6-12-27(13-7-24)36-18-20-43-21-19-36/h3-22H,1-2H3;3-17H,18-21H2,1-2H3/b37-34-;35-32-. The SMILES string of the molecule is CC(=O)O/N=C(\C(=O)c1ccc(Sc2ccc(C(=O)c3ccc(-c4ccccc4)cc3)cc2)cc1)c1cccc([N+](=O)[O-])c1C.CC(=O)O/N=C(\C(=O)c1ccc(Sc2ccc(C(=O)c3ccc(N4CCOCC4)cc3)cc2)cc1)c1cccc([N+](=O)[O-])c1C. The van der Waals surface area contributed by atoms with Gasteiger partial charge in [0.05, 0.1) is 23.1 Å². The van der Waals surface area contributed by atoms with E-state index in [-0.39, 0.29) is 67.7 Å². The van der Waals surface area contributed by atoms with Gasteiger partial charge in [0.1, 0.15) is 0 Å². The first-order chi connectivity index (χ1) is 43.4. The number of anilines is 1. The van der Waals surface area contributed by atoms with E-state index in [0.29, 0.717) is 35.5 Å². The first-order valence-corrected chi connectivity index (χ1v) is 29.6. The van der Waals surface area contributed by atoms with E-state index in [9.17, 15) is 49.0 Å². The fourth-order valence-corrected chi connectivity index (χ4v) is 11.1. The molecule has 1 saturated heterocycles. The fourth-order valence-electron chi connectivity index (χ4n) is 9.47. The summed E-state index contributed by atoms with van der Waals surface area (Å²) in [5.74, 6) is -2.71. The van der Waals surface area contributed by atoms with Crippen LogP contribution in [0.2, 0.25) is 0 Å². The molecule has 0 radical (unpaired) electrons. The van der Waals surface area contributed by atoms with Crippen LogP contribution in [0.25, 0.3) is 11.1 Å². The lowest BCUT2D eigenvalue weighted by molar-refractivity contribution is -0.385. The first-order valence-electron chi connectivity index (χ1n) is 27.9. The summed E-state index contributed by atoms with van der Waals surface area (Å²) < 4.78 is 5.41. The number of hydrogen-bond donors (Lipinski definition) is 0. The van der Waals surface area contributed by atoms with Crippen LogP contribution >= 0.6 is 23.5 Å². The van der Waals surface area contributed by atoms with Crippen LogP contribution in [0.15, 0.2) is 242 Å². The van der Waals surface area contributed by atoms with E-state index in [1.54, 1.807) is 72.8 Å². The monoisotopic (exact) mass is 1240 g/mol. The van der Waals surface area contributed by atoms with Crippen molar-refractivity contribution in [2.24, 2.45) is 10.3 Å². The van der Waals surface area contributed by atoms with Gasteiger partial charge in [0.15, 0.2) is 23.0 Å². The lowest BCUT2D eigenvalue weighted by Gasteiger charge is -2.28. The normalized spacial score (nSPS) is 12.2. The molecule has 1 aliphatic heterocycles. The second kappa shape index (κ2) is 29.7. The molecule has 450 valence electrons. The topological polar surface area (TPSA) is 244 Å². The van der Waals surface area contributed by atoms with Gasteiger partial charge in [-0.1, -0.05) is 113 Å². The van der Waals surface area contributed by atoms with Crippen molar-refractivity contribution < 1.29 is 53.0 Å². The molecule has 9 aromatic carbocycles. The van der Waals surface area contributed by atoms with E-state index in [1.807, 2.05) is 103 Å². The van der Waals surface area contributed by atoms with Gasteiger partial charge >= 0.3 is 11.9 Å². The van der Waals surface area contributed by atoms with Crippen LogP contribution in [0.3, 0.4) is 0 Å². The number of morpholine rings is 1. The van der Waals surface area contributed by atoms with Crippen molar-refractivity contribution in [3.8, 4) is 11.1 Å². The van der Waals surface area contributed by atoms with Gasteiger partial charge < -0.3 is 19.3 Å². The van der Waals surface area contributed by atoms with E-state index < -0.39 is 33.4 Å². The van der Waals surface area contributed by atoms with Crippen molar-refractivity contribution in [3.05, 3.63) is 288 Å². The molecule has 1 heterocycles. The molecular weight excluding hydrogens is 1180 g/mol. The number of oxime groups is 2. The Morgan fingerprint density at radius 1 is 0.433 bits per heavy atom. The van der Waals surface area contributed by atoms with Crippen molar-refractivity contribution in [3.63, 3.8) is 0 Å². The molecule has 0 aliphatic carbocycles. The van der Waals surface area contributed by atoms with Gasteiger partial charge in [-0.05, 0) is 146 Å². The maximum absolute atomic E-state index is 13.4. The van der Waals surface area contributed by atoms with Crippen LogP contribution < -0.4 is 4.90 Å². The number of carbonyl (C=O) groups excluding carboxylic acids is 6. The Morgan fingerprint density at radius 2 is 0.767 bits per heavy atom. The van der Waals surface area contributed by atoms with E-state index >= 15 is 0 Å². The number of nitro groups is 2. The minimum Gasteiger partial charge on any atom is -0.378 e. The van der Waals surface area contributed by atoms with Crippen LogP contribution in [0, 0.1) is 34.1 Å². The van der Waals surface area contributed by atoms with Crippen molar-refractivity contribution >= 4 is 87.1 Å². The van der Waals surface area contributed by atoms with Crippen molar-refractivity contribution in [1.82, 2.24) is 0 Å². The molecule has 90 heavy (non-hydrogen) atoms. The molecule has 10 rings (SSSR count). The maximum atomic E-state index is 13.4. The molecule has 1 aliphatic rings. The molecule has 0 aromatic heterocycles. The van der Waals surface area contributed by atoms with Crippen LogP contribution in [-0.2, 0) is 24.0 Å². The number of ether oxygens (including phenoxy) is 1. The molecule has 18 nitrogen and oxygen atoms in total. The highest BCUT2D eigenvalue weighted by Gasteiger charge is 2.26. The molecule has 0 bridgehead atoms. The summed E-state index contributed by atoms with van der Waals surface area (Å²) in [4.78, 5) is 113. The summed E-state index contributed by atoms with van der Waals surface area (Å²) in [6.07, 6.45) is 0. The Bertz CT molecular complexity index is 4230. The summed E-state index contributed by atoms with van der Waals surface area (Å²) in [6.45, 7) is 8.35. The maximum Gasteiger partial charge on any atom is 0.332 e. The quantitative estimate of drug-likeness (QED) is 0.0226. The Labute approximate surface area is 525 Å². The third kappa shape index (κ3) is 16.0. The van der Waals surface area contributed by atoms with Gasteiger partial charge in [0.25, 0.3) is 11.4 Å². The predicted molar refractivity (Wildman–Crippen MR) is 343 cm³/mol. The highest BCUT2D eigenvalue weighted by atomic mass is 32.2. The van der Waals surface area contributed by atoms with E-state index in [4.69, 9.17) is 14.4 Å². The Hall–Kier alpha value is -10.8. The van der Waals surface area contributed by atoms with Gasteiger partial charge in [0, 0.05) is 120 Å². The van der Waals surface area contributed by atoms with E-state index in [0.717, 1.165) is 63.3 Å². The highest BCUT2D eigenvalue weighted by Crippen LogP contribution is 2.32. The third-order valence-electron chi connectivity index (χ3n) is 14.2. The average molecular weight is 1240 g/mol. The zero-order chi connectivity index (χ0) is 63.8. The largest absolute Gasteiger partial charge is 0.378 e. The van der Waals surface area contributed by atoms with E-state index in [1.165, 1.54) is 73.8 Å². The number of hydrogen-bond acceptors (Lipinski definition) is 18. The summed E-state index contributed by atoms with van der Waals surface area (Å²) in [5, 5.41) is 30.4. The Kier molecular flexibility index (Phi) is 21.0. The van der Waals surface area contributed by atoms with Crippen molar-refractivity contribution in [2.45, 2.75) is 47.3 Å². The smallest absolute Gasteiger partial charge is 0.332 e. The second-order valence-corrected chi connectivity index (χ2v) is 22.5. The Morgan fingerprint density at radius 3 is 1.12 bits per heavy atom. The average Bonchev–Trinajstić information content (AvgIpc) is 0.975. The van der Waals surface area contributed by atoms with Crippen LogP contribution in [0.5, 0.6) is 0 Å². The lowest BCUT2D eigenvalue weighted by atomic mass is 9.96. The number of ketones is 4. The summed E-state index contributed by atoms with van der Waals surface area (Å²) in [7, 11) is 0. The van der Waals surface area contributed by atoms with Crippen molar-refractivity contribution in [2.75, 3.05) is 31.2 Å². The Balaban J connectivity index is 0.000000213. The summed E-state index contributed by atoms with van der Waals surface area (Å²) in [5.41, 5.74) is 6.11. The summed E-state index contributed by atoms with van der Waals surface area (Å²) >= 11 is 2.91.